The molecule has 0 aliphatic rings. The van der Waals surface area contributed by atoms with Crippen molar-refractivity contribution in [1.82, 2.24) is 5.32 Å². The highest BCUT2D eigenvalue weighted by Crippen LogP contribution is 2.35. The van der Waals surface area contributed by atoms with Gasteiger partial charge in [-0.3, -0.25) is 4.79 Å². The van der Waals surface area contributed by atoms with E-state index in [1.807, 2.05) is 0 Å². The standard InChI is InChI=1S/C17H19ClF3NO3/c1-10(15(24)22-16(2,3)4)25-14(23)8-6-11-5-7-13(18)12(9-11)17(19,20)21/h5-10H,1-4H3,(H,22,24)/b8-6+/t10-/m0/s1. The van der Waals surface area contributed by atoms with Crippen LogP contribution in [0.2, 0.25) is 5.02 Å². The summed E-state index contributed by atoms with van der Waals surface area (Å²) in [5, 5.41) is 2.22. The van der Waals surface area contributed by atoms with Crippen LogP contribution in [0.3, 0.4) is 0 Å². The van der Waals surface area contributed by atoms with Crippen molar-refractivity contribution in [3.63, 3.8) is 0 Å². The smallest absolute Gasteiger partial charge is 0.417 e. The van der Waals surface area contributed by atoms with Gasteiger partial charge in [0.15, 0.2) is 6.10 Å². The van der Waals surface area contributed by atoms with Gasteiger partial charge in [-0.05, 0) is 51.5 Å². The zero-order valence-corrected chi connectivity index (χ0v) is 15.0. The van der Waals surface area contributed by atoms with Gasteiger partial charge in [-0.2, -0.15) is 13.2 Å². The molecule has 0 aliphatic heterocycles. The number of carbonyl (C=O) groups excluding carboxylic acids is 2. The first-order chi connectivity index (χ1) is 11.3. The summed E-state index contributed by atoms with van der Waals surface area (Å²) in [6.45, 7) is 6.73. The zero-order chi connectivity index (χ0) is 19.4. The summed E-state index contributed by atoms with van der Waals surface area (Å²) in [6, 6.07) is 3.24. The maximum atomic E-state index is 12.8. The second-order valence-corrected chi connectivity index (χ2v) is 6.80. The van der Waals surface area contributed by atoms with E-state index in [0.29, 0.717) is 0 Å². The van der Waals surface area contributed by atoms with Gasteiger partial charge in [-0.15, -0.1) is 0 Å². The molecule has 0 fully saturated rings. The molecule has 1 aromatic carbocycles. The largest absolute Gasteiger partial charge is 0.449 e. The molecule has 1 amide bonds. The highest BCUT2D eigenvalue weighted by molar-refractivity contribution is 6.31. The third kappa shape index (κ3) is 7.17. The van der Waals surface area contributed by atoms with Crippen molar-refractivity contribution >= 4 is 29.6 Å². The highest BCUT2D eigenvalue weighted by atomic mass is 35.5. The molecule has 0 unspecified atom stereocenters. The second-order valence-electron chi connectivity index (χ2n) is 6.39. The number of alkyl halides is 3. The molecule has 1 aromatic rings. The number of amides is 1. The molecule has 0 aliphatic carbocycles. The molecule has 1 N–H and O–H groups in total. The van der Waals surface area contributed by atoms with Gasteiger partial charge in [-0.25, -0.2) is 4.79 Å². The van der Waals surface area contributed by atoms with Gasteiger partial charge in [0.2, 0.25) is 0 Å². The predicted molar refractivity (Wildman–Crippen MR) is 88.9 cm³/mol. The first-order valence-electron chi connectivity index (χ1n) is 7.37. The van der Waals surface area contributed by atoms with E-state index in [1.54, 1.807) is 20.8 Å². The fourth-order valence-electron chi connectivity index (χ4n) is 1.77. The van der Waals surface area contributed by atoms with Crippen LogP contribution >= 0.6 is 11.6 Å². The van der Waals surface area contributed by atoms with Gasteiger partial charge < -0.3 is 10.1 Å². The van der Waals surface area contributed by atoms with Gasteiger partial charge in [0.25, 0.3) is 5.91 Å². The summed E-state index contributed by atoms with van der Waals surface area (Å²) in [7, 11) is 0. The first-order valence-corrected chi connectivity index (χ1v) is 7.75. The Morgan fingerprint density at radius 3 is 2.36 bits per heavy atom. The van der Waals surface area contributed by atoms with E-state index in [0.717, 1.165) is 24.3 Å². The van der Waals surface area contributed by atoms with Crippen LogP contribution in [0.25, 0.3) is 6.08 Å². The van der Waals surface area contributed by atoms with Crippen molar-refractivity contribution in [2.75, 3.05) is 0 Å². The fraction of sp³-hybridized carbons (Fsp3) is 0.412. The molecule has 1 rings (SSSR count). The summed E-state index contributed by atoms with van der Waals surface area (Å²) >= 11 is 5.52. The number of nitrogens with one attached hydrogen (secondary N) is 1. The average molecular weight is 378 g/mol. The number of rotatable bonds is 4. The van der Waals surface area contributed by atoms with Gasteiger partial charge in [0, 0.05) is 11.6 Å². The maximum absolute atomic E-state index is 12.8. The van der Waals surface area contributed by atoms with Crippen LogP contribution < -0.4 is 5.32 Å². The van der Waals surface area contributed by atoms with Crippen molar-refractivity contribution < 1.29 is 27.5 Å². The van der Waals surface area contributed by atoms with Crippen molar-refractivity contribution in [3.05, 3.63) is 40.4 Å². The van der Waals surface area contributed by atoms with E-state index in [1.165, 1.54) is 13.0 Å². The van der Waals surface area contributed by atoms with Crippen molar-refractivity contribution in [3.8, 4) is 0 Å². The minimum Gasteiger partial charge on any atom is -0.449 e. The van der Waals surface area contributed by atoms with Crippen molar-refractivity contribution in [1.29, 1.82) is 0 Å². The van der Waals surface area contributed by atoms with E-state index < -0.39 is 40.3 Å². The molecule has 0 saturated heterocycles. The molecule has 0 radical (unpaired) electrons. The van der Waals surface area contributed by atoms with Crippen molar-refractivity contribution in [2.45, 2.75) is 45.5 Å². The van der Waals surface area contributed by atoms with Crippen LogP contribution in [0.5, 0.6) is 0 Å². The zero-order valence-electron chi connectivity index (χ0n) is 14.2. The maximum Gasteiger partial charge on any atom is 0.417 e. The van der Waals surface area contributed by atoms with Crippen LogP contribution in [0, 0.1) is 0 Å². The van der Waals surface area contributed by atoms with Gasteiger partial charge in [0.1, 0.15) is 0 Å². The monoisotopic (exact) mass is 377 g/mol. The van der Waals surface area contributed by atoms with Gasteiger partial charge >= 0.3 is 12.1 Å². The first kappa shape index (κ1) is 21.0. The summed E-state index contributed by atoms with van der Waals surface area (Å²) in [5.41, 5.74) is -1.35. The summed E-state index contributed by atoms with van der Waals surface area (Å²) < 4.78 is 43.3. The summed E-state index contributed by atoms with van der Waals surface area (Å²) in [5.74, 6) is -1.32. The Morgan fingerprint density at radius 2 is 1.84 bits per heavy atom. The quantitative estimate of drug-likeness (QED) is 0.631. The van der Waals surface area contributed by atoms with E-state index in [2.05, 4.69) is 5.32 Å². The van der Waals surface area contributed by atoms with Crippen LogP contribution in [0.15, 0.2) is 24.3 Å². The Balaban J connectivity index is 2.76. The molecule has 0 aromatic heterocycles. The van der Waals surface area contributed by atoms with Gasteiger partial charge in [-0.1, -0.05) is 17.7 Å². The molecule has 0 saturated carbocycles. The Bertz CT molecular complexity index is 679. The van der Waals surface area contributed by atoms with Crippen LogP contribution in [-0.4, -0.2) is 23.5 Å². The third-order valence-electron chi connectivity index (χ3n) is 2.87. The van der Waals surface area contributed by atoms with E-state index in [4.69, 9.17) is 16.3 Å². The minimum atomic E-state index is -4.60. The molecular weight excluding hydrogens is 359 g/mol. The topological polar surface area (TPSA) is 55.4 Å². The van der Waals surface area contributed by atoms with Crippen LogP contribution in [0.1, 0.15) is 38.8 Å². The summed E-state index contributed by atoms with van der Waals surface area (Å²) in [6.07, 6.45) is -3.53. The number of hydrogen-bond acceptors (Lipinski definition) is 3. The number of esters is 1. The lowest BCUT2D eigenvalue weighted by molar-refractivity contribution is -0.150. The molecule has 0 bridgehead atoms. The third-order valence-corrected chi connectivity index (χ3v) is 3.20. The highest BCUT2D eigenvalue weighted by Gasteiger charge is 2.33. The molecule has 25 heavy (non-hydrogen) atoms. The molecule has 1 atom stereocenters. The lowest BCUT2D eigenvalue weighted by Gasteiger charge is -2.22. The molecular formula is C17H19ClF3NO3. The molecule has 0 heterocycles. The van der Waals surface area contributed by atoms with Crippen molar-refractivity contribution in [2.24, 2.45) is 0 Å². The molecule has 138 valence electrons. The normalized spacial score (nSPS) is 13.6. The SMILES string of the molecule is C[C@H](OC(=O)/C=C/c1ccc(Cl)c(C(F)(F)F)c1)C(=O)NC(C)(C)C. The minimum absolute atomic E-state index is 0.125. The molecule has 0 spiro atoms. The Kier molecular flexibility index (Phi) is 6.65. The predicted octanol–water partition coefficient (Wildman–Crippen LogP) is 4.22. The lowest BCUT2D eigenvalue weighted by Crippen LogP contribution is -2.46. The Labute approximate surface area is 149 Å². The Hall–Kier alpha value is -2.02. The molecule has 8 heteroatoms. The number of halogens is 4. The Morgan fingerprint density at radius 1 is 1.24 bits per heavy atom. The number of ether oxygens (including phenoxy) is 1. The van der Waals surface area contributed by atoms with E-state index in [9.17, 15) is 22.8 Å². The number of hydrogen-bond donors (Lipinski definition) is 1. The fourth-order valence-corrected chi connectivity index (χ4v) is 1.99. The second kappa shape index (κ2) is 7.91. The lowest BCUT2D eigenvalue weighted by atomic mass is 10.1. The van der Waals surface area contributed by atoms with Crippen LogP contribution in [-0.2, 0) is 20.5 Å². The number of carbonyl (C=O) groups is 2. The molecule has 4 nitrogen and oxygen atoms in total. The van der Waals surface area contributed by atoms with E-state index >= 15 is 0 Å². The van der Waals surface area contributed by atoms with E-state index in [-0.39, 0.29) is 5.56 Å². The van der Waals surface area contributed by atoms with Gasteiger partial charge in [0.05, 0.1) is 10.6 Å². The number of benzene rings is 1. The van der Waals surface area contributed by atoms with Crippen LogP contribution in [0.4, 0.5) is 13.2 Å². The summed E-state index contributed by atoms with van der Waals surface area (Å²) in [4.78, 5) is 23.5. The average Bonchev–Trinajstić information content (AvgIpc) is 2.43.